The van der Waals surface area contributed by atoms with E-state index in [0.717, 1.165) is 48.9 Å². The SMILES string of the molecule is O=C(NCC1CCN(c2cccc(Br)c2)C1)N1CCC(C(O)c2ccccc2)CC1. The lowest BCUT2D eigenvalue weighted by atomic mass is 9.87. The number of halogens is 1. The summed E-state index contributed by atoms with van der Waals surface area (Å²) in [6.07, 6.45) is 2.32. The Bertz CT molecular complexity index is 839. The zero-order valence-electron chi connectivity index (χ0n) is 17.2. The fraction of sp³-hybridized carbons (Fsp3) is 0.458. The summed E-state index contributed by atoms with van der Waals surface area (Å²) in [5.74, 6) is 0.690. The summed E-state index contributed by atoms with van der Waals surface area (Å²) in [4.78, 5) is 16.9. The van der Waals surface area contributed by atoms with Crippen molar-refractivity contribution in [1.82, 2.24) is 10.2 Å². The number of nitrogens with zero attached hydrogens (tertiary/aromatic N) is 2. The van der Waals surface area contributed by atoms with E-state index in [1.165, 1.54) is 5.69 Å². The molecular formula is C24H30BrN3O2. The van der Waals surface area contributed by atoms with Crippen molar-refractivity contribution in [2.75, 3.05) is 37.6 Å². The number of likely N-dealkylation sites (tertiary alicyclic amines) is 1. The predicted octanol–water partition coefficient (Wildman–Crippen LogP) is 4.43. The van der Waals surface area contributed by atoms with Crippen LogP contribution in [-0.4, -0.2) is 48.8 Å². The Labute approximate surface area is 187 Å². The molecule has 30 heavy (non-hydrogen) atoms. The maximum atomic E-state index is 12.6. The van der Waals surface area contributed by atoms with Crippen molar-refractivity contribution in [3.63, 3.8) is 0 Å². The minimum absolute atomic E-state index is 0.0311. The van der Waals surface area contributed by atoms with Gasteiger partial charge in [-0.2, -0.15) is 0 Å². The molecule has 2 aromatic carbocycles. The molecule has 0 saturated carbocycles. The average Bonchev–Trinajstić information content (AvgIpc) is 3.27. The van der Waals surface area contributed by atoms with Crippen LogP contribution in [0.2, 0.25) is 0 Å². The van der Waals surface area contributed by atoms with Crippen LogP contribution in [-0.2, 0) is 0 Å². The van der Waals surface area contributed by atoms with Gasteiger partial charge in [0.05, 0.1) is 6.10 Å². The second-order valence-corrected chi connectivity index (χ2v) is 9.36. The van der Waals surface area contributed by atoms with E-state index >= 15 is 0 Å². The molecule has 2 heterocycles. The summed E-state index contributed by atoms with van der Waals surface area (Å²) in [5.41, 5.74) is 2.20. The number of aliphatic hydroxyl groups is 1. The van der Waals surface area contributed by atoms with Gasteiger partial charge in [-0.25, -0.2) is 4.79 Å². The highest BCUT2D eigenvalue weighted by atomic mass is 79.9. The van der Waals surface area contributed by atoms with Crippen LogP contribution >= 0.6 is 15.9 Å². The van der Waals surface area contributed by atoms with Crippen LogP contribution in [0.5, 0.6) is 0 Å². The number of carbonyl (C=O) groups excluding carboxylic acids is 1. The smallest absolute Gasteiger partial charge is 0.317 e. The van der Waals surface area contributed by atoms with Gasteiger partial charge >= 0.3 is 6.03 Å². The summed E-state index contributed by atoms with van der Waals surface area (Å²) < 4.78 is 1.09. The second-order valence-electron chi connectivity index (χ2n) is 8.45. The first-order chi connectivity index (χ1) is 14.6. The molecule has 0 radical (unpaired) electrons. The number of hydrogen-bond acceptors (Lipinski definition) is 3. The fourth-order valence-corrected chi connectivity index (χ4v) is 4.98. The summed E-state index contributed by atoms with van der Waals surface area (Å²) >= 11 is 3.54. The number of aliphatic hydroxyl groups excluding tert-OH is 1. The van der Waals surface area contributed by atoms with E-state index in [9.17, 15) is 9.90 Å². The second kappa shape index (κ2) is 9.84. The predicted molar refractivity (Wildman–Crippen MR) is 124 cm³/mol. The molecule has 2 unspecified atom stereocenters. The Balaban J connectivity index is 1.20. The number of nitrogens with one attached hydrogen (secondary N) is 1. The zero-order valence-corrected chi connectivity index (χ0v) is 18.8. The summed E-state index contributed by atoms with van der Waals surface area (Å²) in [7, 11) is 0. The van der Waals surface area contributed by atoms with E-state index in [1.807, 2.05) is 41.3 Å². The Hall–Kier alpha value is -2.05. The molecule has 2 aliphatic heterocycles. The third-order valence-corrected chi connectivity index (χ3v) is 6.91. The van der Waals surface area contributed by atoms with Gasteiger partial charge in [0.1, 0.15) is 0 Å². The van der Waals surface area contributed by atoms with E-state index in [4.69, 9.17) is 0 Å². The first-order valence-electron chi connectivity index (χ1n) is 10.9. The number of hydrogen-bond donors (Lipinski definition) is 2. The number of piperidine rings is 1. The van der Waals surface area contributed by atoms with E-state index in [1.54, 1.807) is 0 Å². The molecule has 0 aliphatic carbocycles. The Morgan fingerprint density at radius 2 is 1.83 bits per heavy atom. The van der Waals surface area contributed by atoms with Crippen molar-refractivity contribution in [2.45, 2.75) is 25.4 Å². The zero-order chi connectivity index (χ0) is 20.9. The highest BCUT2D eigenvalue weighted by Crippen LogP contribution is 2.31. The van der Waals surface area contributed by atoms with Gasteiger partial charge in [-0.3, -0.25) is 0 Å². The third kappa shape index (κ3) is 5.16. The highest BCUT2D eigenvalue weighted by molar-refractivity contribution is 9.10. The van der Waals surface area contributed by atoms with Gasteiger partial charge in [0.2, 0.25) is 0 Å². The minimum atomic E-state index is -0.445. The molecule has 2 atom stereocenters. The van der Waals surface area contributed by atoms with Gasteiger partial charge in [0, 0.05) is 42.9 Å². The molecule has 160 valence electrons. The maximum Gasteiger partial charge on any atom is 0.317 e. The molecule has 0 spiro atoms. The van der Waals surface area contributed by atoms with Crippen molar-refractivity contribution in [1.29, 1.82) is 0 Å². The maximum absolute atomic E-state index is 12.6. The normalized spacial score (nSPS) is 20.9. The average molecular weight is 472 g/mol. The fourth-order valence-electron chi connectivity index (χ4n) is 4.59. The topological polar surface area (TPSA) is 55.8 Å². The van der Waals surface area contributed by atoms with E-state index in [-0.39, 0.29) is 11.9 Å². The number of anilines is 1. The lowest BCUT2D eigenvalue weighted by Crippen LogP contribution is -2.46. The van der Waals surface area contributed by atoms with Crippen LogP contribution in [0.3, 0.4) is 0 Å². The number of rotatable bonds is 5. The van der Waals surface area contributed by atoms with Gasteiger partial charge in [-0.05, 0) is 54.9 Å². The quantitative estimate of drug-likeness (QED) is 0.677. The van der Waals surface area contributed by atoms with E-state index < -0.39 is 6.10 Å². The summed E-state index contributed by atoms with van der Waals surface area (Å²) in [6.45, 7) is 4.13. The lowest BCUT2D eigenvalue weighted by molar-refractivity contribution is 0.0664. The standard InChI is InChI=1S/C24H30BrN3O2/c25-21-7-4-8-22(15-21)28-12-9-18(17-28)16-26-24(30)27-13-10-20(11-14-27)23(29)19-5-2-1-3-6-19/h1-8,15,18,20,23,29H,9-14,16-17H2,(H,26,30). The van der Waals surface area contributed by atoms with Crippen LogP contribution in [0.25, 0.3) is 0 Å². The van der Waals surface area contributed by atoms with Crippen molar-refractivity contribution in [3.05, 3.63) is 64.6 Å². The monoisotopic (exact) mass is 471 g/mol. The number of urea groups is 1. The molecule has 5 nitrogen and oxygen atoms in total. The van der Waals surface area contributed by atoms with Gasteiger partial charge in [0.25, 0.3) is 0 Å². The largest absolute Gasteiger partial charge is 0.388 e. The van der Waals surface area contributed by atoms with Gasteiger partial charge in [-0.1, -0.05) is 52.3 Å². The Kier molecular flexibility index (Phi) is 6.95. The number of amides is 2. The van der Waals surface area contributed by atoms with Crippen LogP contribution < -0.4 is 10.2 Å². The highest BCUT2D eigenvalue weighted by Gasteiger charge is 2.29. The van der Waals surface area contributed by atoms with Crippen molar-refractivity contribution >= 4 is 27.6 Å². The molecule has 0 bridgehead atoms. The van der Waals surface area contributed by atoms with Gasteiger partial charge < -0.3 is 20.2 Å². The van der Waals surface area contributed by atoms with Crippen molar-refractivity contribution in [2.24, 2.45) is 11.8 Å². The first-order valence-corrected chi connectivity index (χ1v) is 11.7. The van der Waals surface area contributed by atoms with Gasteiger partial charge in [-0.15, -0.1) is 0 Å². The number of benzene rings is 2. The van der Waals surface area contributed by atoms with E-state index in [0.29, 0.717) is 19.0 Å². The Morgan fingerprint density at radius 1 is 1.07 bits per heavy atom. The molecule has 2 amide bonds. The Morgan fingerprint density at radius 3 is 2.57 bits per heavy atom. The molecule has 4 rings (SSSR count). The summed E-state index contributed by atoms with van der Waals surface area (Å²) in [5, 5.41) is 13.8. The molecule has 2 aliphatic rings. The van der Waals surface area contributed by atoms with Crippen molar-refractivity contribution < 1.29 is 9.90 Å². The minimum Gasteiger partial charge on any atom is -0.388 e. The molecule has 2 saturated heterocycles. The molecule has 2 N–H and O–H groups in total. The van der Waals surface area contributed by atoms with Crippen LogP contribution in [0, 0.1) is 11.8 Å². The van der Waals surface area contributed by atoms with Crippen LogP contribution in [0.4, 0.5) is 10.5 Å². The molecule has 2 fully saturated rings. The van der Waals surface area contributed by atoms with Crippen LogP contribution in [0.15, 0.2) is 59.1 Å². The van der Waals surface area contributed by atoms with E-state index in [2.05, 4.69) is 44.3 Å². The summed E-state index contributed by atoms with van der Waals surface area (Å²) in [6, 6.07) is 18.3. The first kappa shape index (κ1) is 21.2. The lowest BCUT2D eigenvalue weighted by Gasteiger charge is -2.34. The molecule has 2 aromatic rings. The van der Waals surface area contributed by atoms with Crippen molar-refractivity contribution in [3.8, 4) is 0 Å². The molecule has 6 heteroatoms. The number of carbonyl (C=O) groups is 1. The molecular weight excluding hydrogens is 442 g/mol. The van der Waals surface area contributed by atoms with Gasteiger partial charge in [0.15, 0.2) is 0 Å². The third-order valence-electron chi connectivity index (χ3n) is 6.42. The molecule has 0 aromatic heterocycles. The van der Waals surface area contributed by atoms with Crippen LogP contribution in [0.1, 0.15) is 30.9 Å².